The van der Waals surface area contributed by atoms with Gasteiger partial charge in [0.25, 0.3) is 10.0 Å². The lowest BCUT2D eigenvalue weighted by atomic mass is 10.4. The SMILES string of the molecule is O=C([O-])Cc1cnc(NS(=O)(=O)c2ccccc2Cl)s1. The minimum Gasteiger partial charge on any atom is -0.550 e. The number of nitrogens with one attached hydrogen (secondary N) is 1. The van der Waals surface area contributed by atoms with Gasteiger partial charge in [-0.1, -0.05) is 23.7 Å². The quantitative estimate of drug-likeness (QED) is 0.877. The molecule has 0 fully saturated rings. The van der Waals surface area contributed by atoms with E-state index in [1.54, 1.807) is 12.1 Å². The molecule has 9 heteroatoms. The van der Waals surface area contributed by atoms with Crippen LogP contribution in [0.5, 0.6) is 0 Å². The Hall–Kier alpha value is -1.64. The van der Waals surface area contributed by atoms with E-state index in [9.17, 15) is 18.3 Å². The van der Waals surface area contributed by atoms with Gasteiger partial charge in [0.15, 0.2) is 5.13 Å². The van der Waals surface area contributed by atoms with Gasteiger partial charge in [-0.3, -0.25) is 4.72 Å². The molecule has 20 heavy (non-hydrogen) atoms. The van der Waals surface area contributed by atoms with Crippen molar-refractivity contribution in [2.24, 2.45) is 0 Å². The third kappa shape index (κ3) is 3.47. The van der Waals surface area contributed by atoms with Crippen LogP contribution in [0.25, 0.3) is 0 Å². The first-order valence-electron chi connectivity index (χ1n) is 5.30. The molecule has 0 saturated heterocycles. The van der Waals surface area contributed by atoms with Crippen LogP contribution >= 0.6 is 22.9 Å². The first-order valence-corrected chi connectivity index (χ1v) is 7.98. The molecule has 1 N–H and O–H groups in total. The van der Waals surface area contributed by atoms with E-state index in [1.165, 1.54) is 18.3 Å². The number of hydrogen-bond donors (Lipinski definition) is 1. The van der Waals surface area contributed by atoms with Crippen molar-refractivity contribution >= 4 is 44.1 Å². The van der Waals surface area contributed by atoms with E-state index in [2.05, 4.69) is 9.71 Å². The van der Waals surface area contributed by atoms with Gasteiger partial charge in [-0.2, -0.15) is 0 Å². The number of rotatable bonds is 5. The Bertz CT molecular complexity index is 742. The maximum absolute atomic E-state index is 12.1. The maximum atomic E-state index is 12.1. The number of carbonyl (C=O) groups excluding carboxylic acids is 1. The summed E-state index contributed by atoms with van der Waals surface area (Å²) in [7, 11) is -3.86. The fourth-order valence-corrected chi connectivity index (χ4v) is 3.97. The van der Waals surface area contributed by atoms with E-state index in [-0.39, 0.29) is 21.5 Å². The molecule has 0 aliphatic carbocycles. The third-order valence-electron chi connectivity index (χ3n) is 2.22. The normalized spacial score (nSPS) is 11.2. The number of carboxylic acid groups (broad SMARTS) is 1. The summed E-state index contributed by atoms with van der Waals surface area (Å²) in [6.07, 6.45) is 0.969. The second-order valence-corrected chi connectivity index (χ2v) is 6.89. The van der Waals surface area contributed by atoms with Crippen LogP contribution in [0, 0.1) is 0 Å². The van der Waals surface area contributed by atoms with Crippen LogP contribution in [0.1, 0.15) is 4.88 Å². The number of carbonyl (C=O) groups is 1. The molecule has 106 valence electrons. The fourth-order valence-electron chi connectivity index (χ4n) is 1.41. The molecule has 1 heterocycles. The molecular formula is C11H8ClN2O4S2-. The number of sulfonamides is 1. The van der Waals surface area contributed by atoms with Gasteiger partial charge in [0.05, 0.1) is 5.02 Å². The summed E-state index contributed by atoms with van der Waals surface area (Å²) in [4.78, 5) is 14.6. The Morgan fingerprint density at radius 3 is 2.75 bits per heavy atom. The molecule has 0 aliphatic heterocycles. The first kappa shape index (κ1) is 14.8. The Kier molecular flexibility index (Phi) is 4.26. The molecule has 2 aromatic rings. The summed E-state index contributed by atoms with van der Waals surface area (Å²) >= 11 is 6.75. The van der Waals surface area contributed by atoms with E-state index >= 15 is 0 Å². The first-order chi connectivity index (χ1) is 9.38. The molecule has 6 nitrogen and oxygen atoms in total. The van der Waals surface area contributed by atoms with Gasteiger partial charge in [0.2, 0.25) is 0 Å². The molecule has 0 radical (unpaired) electrons. The van der Waals surface area contributed by atoms with Crippen molar-refractivity contribution in [2.45, 2.75) is 11.3 Å². The van der Waals surface area contributed by atoms with E-state index in [0.29, 0.717) is 4.88 Å². The zero-order valence-corrected chi connectivity index (χ0v) is 12.3. The van der Waals surface area contributed by atoms with E-state index < -0.39 is 16.0 Å². The van der Waals surface area contributed by atoms with Crippen LogP contribution in [0.2, 0.25) is 5.02 Å². The Morgan fingerprint density at radius 1 is 1.40 bits per heavy atom. The van der Waals surface area contributed by atoms with Gasteiger partial charge in [0.1, 0.15) is 4.90 Å². The summed E-state index contributed by atoms with van der Waals surface area (Å²) in [5, 5.41) is 10.6. The highest BCUT2D eigenvalue weighted by molar-refractivity contribution is 7.93. The molecule has 0 bridgehead atoms. The largest absolute Gasteiger partial charge is 0.550 e. The smallest absolute Gasteiger partial charge is 0.265 e. The zero-order valence-electron chi connectivity index (χ0n) is 9.87. The highest BCUT2D eigenvalue weighted by Crippen LogP contribution is 2.25. The molecule has 0 atom stereocenters. The molecule has 0 spiro atoms. The van der Waals surface area contributed by atoms with Gasteiger partial charge in [0, 0.05) is 23.5 Å². The number of thiazole rings is 1. The molecule has 0 unspecified atom stereocenters. The van der Waals surface area contributed by atoms with E-state index in [1.807, 2.05) is 0 Å². The summed E-state index contributed by atoms with van der Waals surface area (Å²) in [6.45, 7) is 0. The average Bonchev–Trinajstić information content (AvgIpc) is 2.75. The minimum absolute atomic E-state index is 0.0705. The lowest BCUT2D eigenvalue weighted by Crippen LogP contribution is -2.23. The average molecular weight is 332 g/mol. The third-order valence-corrected chi connectivity index (χ3v) is 5.10. The number of hydrogen-bond acceptors (Lipinski definition) is 6. The molecule has 0 aliphatic rings. The highest BCUT2D eigenvalue weighted by atomic mass is 35.5. The number of benzene rings is 1. The van der Waals surface area contributed by atoms with Crippen molar-refractivity contribution < 1.29 is 18.3 Å². The van der Waals surface area contributed by atoms with Gasteiger partial charge >= 0.3 is 0 Å². The van der Waals surface area contributed by atoms with Crippen molar-refractivity contribution in [1.29, 1.82) is 0 Å². The number of nitrogens with zero attached hydrogens (tertiary/aromatic N) is 1. The summed E-state index contributed by atoms with van der Waals surface area (Å²) in [6, 6.07) is 5.98. The highest BCUT2D eigenvalue weighted by Gasteiger charge is 2.19. The van der Waals surface area contributed by atoms with Crippen molar-refractivity contribution in [3.8, 4) is 0 Å². The van der Waals surface area contributed by atoms with Crippen LogP contribution in [-0.2, 0) is 21.2 Å². The van der Waals surface area contributed by atoms with Gasteiger partial charge in [-0.05, 0) is 12.1 Å². The van der Waals surface area contributed by atoms with Crippen LogP contribution in [0.15, 0.2) is 35.4 Å². The van der Waals surface area contributed by atoms with Crippen molar-refractivity contribution in [1.82, 2.24) is 4.98 Å². The second-order valence-electron chi connectivity index (χ2n) is 3.72. The molecule has 0 amide bonds. The van der Waals surface area contributed by atoms with Gasteiger partial charge < -0.3 is 9.90 Å². The number of halogens is 1. The van der Waals surface area contributed by atoms with Crippen molar-refractivity contribution in [2.75, 3.05) is 4.72 Å². The summed E-state index contributed by atoms with van der Waals surface area (Å²) in [5.74, 6) is -1.26. The number of carboxylic acids is 1. The monoisotopic (exact) mass is 331 g/mol. The molecule has 2 rings (SSSR count). The lowest BCUT2D eigenvalue weighted by Gasteiger charge is -2.06. The lowest BCUT2D eigenvalue weighted by molar-refractivity contribution is -0.304. The molecule has 1 aromatic carbocycles. The standard InChI is InChI=1S/C11H9ClN2O4S2/c12-8-3-1-2-4-9(8)20(17,18)14-11-13-6-7(19-11)5-10(15)16/h1-4,6H,5H2,(H,13,14)(H,15,16)/p-1. The Labute approximate surface area is 124 Å². The predicted octanol–water partition coefficient (Wildman–Crippen LogP) is 0.890. The Morgan fingerprint density at radius 2 is 2.10 bits per heavy atom. The molecule has 1 aromatic heterocycles. The van der Waals surface area contributed by atoms with Gasteiger partial charge in [-0.25, -0.2) is 13.4 Å². The topological polar surface area (TPSA) is 99.2 Å². The van der Waals surface area contributed by atoms with Gasteiger partial charge in [-0.15, -0.1) is 11.3 Å². The molecular weight excluding hydrogens is 324 g/mol. The Balaban J connectivity index is 2.23. The predicted molar refractivity (Wildman–Crippen MR) is 73.1 cm³/mol. The summed E-state index contributed by atoms with van der Waals surface area (Å²) in [5.41, 5.74) is 0. The zero-order chi connectivity index (χ0) is 14.8. The maximum Gasteiger partial charge on any atom is 0.265 e. The number of aromatic nitrogens is 1. The fraction of sp³-hybridized carbons (Fsp3) is 0.0909. The van der Waals surface area contributed by atoms with Crippen LogP contribution < -0.4 is 9.83 Å². The summed E-state index contributed by atoms with van der Waals surface area (Å²) < 4.78 is 26.4. The van der Waals surface area contributed by atoms with Crippen molar-refractivity contribution in [3.63, 3.8) is 0 Å². The van der Waals surface area contributed by atoms with Crippen LogP contribution in [0.3, 0.4) is 0 Å². The minimum atomic E-state index is -3.86. The second kappa shape index (κ2) is 5.78. The molecule has 0 saturated carbocycles. The van der Waals surface area contributed by atoms with Crippen LogP contribution in [0.4, 0.5) is 5.13 Å². The van der Waals surface area contributed by atoms with Crippen molar-refractivity contribution in [3.05, 3.63) is 40.4 Å². The van der Waals surface area contributed by atoms with E-state index in [4.69, 9.17) is 11.6 Å². The van der Waals surface area contributed by atoms with E-state index in [0.717, 1.165) is 11.3 Å². The number of anilines is 1. The van der Waals surface area contributed by atoms with Crippen LogP contribution in [-0.4, -0.2) is 19.4 Å². The number of aliphatic carboxylic acids is 1.